The standard InChI is InChI=1S/C7H14O2/c8-5-6-3-1-2-4-7(6)9/h6-9H,1-5H2/t6-,7+/m1/s1. The van der Waals surface area contributed by atoms with Gasteiger partial charge in [0.1, 0.15) is 0 Å². The molecule has 2 N–H and O–H groups in total. The van der Waals surface area contributed by atoms with Crippen molar-refractivity contribution in [2.45, 2.75) is 31.8 Å². The number of hydrogen-bond acceptors (Lipinski definition) is 2. The fourth-order valence-electron chi connectivity index (χ4n) is 1.40. The molecule has 1 fully saturated rings. The van der Waals surface area contributed by atoms with Crippen molar-refractivity contribution in [3.8, 4) is 0 Å². The molecule has 0 bridgehead atoms. The topological polar surface area (TPSA) is 40.5 Å². The van der Waals surface area contributed by atoms with Gasteiger partial charge in [-0.05, 0) is 12.8 Å². The molecule has 1 aliphatic carbocycles. The summed E-state index contributed by atoms with van der Waals surface area (Å²) >= 11 is 0. The van der Waals surface area contributed by atoms with Crippen molar-refractivity contribution < 1.29 is 10.2 Å². The molecule has 0 aromatic rings. The maximum absolute atomic E-state index is 9.21. The Kier molecular flexibility index (Phi) is 2.49. The fourth-order valence-corrected chi connectivity index (χ4v) is 1.40. The van der Waals surface area contributed by atoms with Crippen LogP contribution in [0.1, 0.15) is 25.7 Å². The smallest absolute Gasteiger partial charge is 0.0590 e. The van der Waals surface area contributed by atoms with E-state index < -0.39 is 0 Å². The third kappa shape index (κ3) is 1.66. The maximum atomic E-state index is 9.21. The summed E-state index contributed by atoms with van der Waals surface area (Å²) in [5.74, 6) is 0.166. The second-order valence-corrected chi connectivity index (χ2v) is 2.79. The highest BCUT2D eigenvalue weighted by Crippen LogP contribution is 2.23. The van der Waals surface area contributed by atoms with E-state index in [0.29, 0.717) is 0 Å². The molecule has 0 heterocycles. The third-order valence-electron chi connectivity index (χ3n) is 2.10. The first-order chi connectivity index (χ1) is 4.34. The summed E-state index contributed by atoms with van der Waals surface area (Å²) in [6, 6.07) is 0. The van der Waals surface area contributed by atoms with Crippen molar-refractivity contribution in [2.24, 2.45) is 5.92 Å². The molecule has 0 radical (unpaired) electrons. The van der Waals surface area contributed by atoms with E-state index in [1.54, 1.807) is 0 Å². The van der Waals surface area contributed by atoms with Crippen LogP contribution in [0.4, 0.5) is 0 Å². The van der Waals surface area contributed by atoms with Crippen LogP contribution in [-0.2, 0) is 0 Å². The van der Waals surface area contributed by atoms with Gasteiger partial charge in [0.15, 0.2) is 0 Å². The van der Waals surface area contributed by atoms with E-state index in [-0.39, 0.29) is 18.6 Å². The van der Waals surface area contributed by atoms with Crippen molar-refractivity contribution in [3.05, 3.63) is 0 Å². The van der Waals surface area contributed by atoms with E-state index in [1.807, 2.05) is 0 Å². The molecule has 2 atom stereocenters. The molecule has 0 aromatic carbocycles. The zero-order valence-electron chi connectivity index (χ0n) is 5.58. The van der Waals surface area contributed by atoms with Gasteiger partial charge in [0.05, 0.1) is 6.10 Å². The van der Waals surface area contributed by atoms with Gasteiger partial charge < -0.3 is 10.2 Å². The predicted molar refractivity (Wildman–Crippen MR) is 35.1 cm³/mol. The minimum atomic E-state index is -0.233. The van der Waals surface area contributed by atoms with Crippen LogP contribution in [0.2, 0.25) is 0 Å². The van der Waals surface area contributed by atoms with Gasteiger partial charge in [0.25, 0.3) is 0 Å². The van der Waals surface area contributed by atoms with E-state index >= 15 is 0 Å². The molecule has 0 spiro atoms. The van der Waals surface area contributed by atoms with Crippen molar-refractivity contribution in [1.29, 1.82) is 0 Å². The van der Waals surface area contributed by atoms with Crippen LogP contribution in [0.5, 0.6) is 0 Å². The number of hydrogen-bond donors (Lipinski definition) is 2. The quantitative estimate of drug-likeness (QED) is 0.543. The Hall–Kier alpha value is -0.0800. The monoisotopic (exact) mass is 130 g/mol. The zero-order chi connectivity index (χ0) is 6.69. The molecule has 2 heteroatoms. The molecule has 0 aliphatic heterocycles. The third-order valence-corrected chi connectivity index (χ3v) is 2.10. The Morgan fingerprint density at radius 2 is 1.89 bits per heavy atom. The molecule has 0 aromatic heterocycles. The van der Waals surface area contributed by atoms with E-state index in [9.17, 15) is 5.11 Å². The molecule has 0 saturated heterocycles. The molecule has 2 nitrogen and oxygen atoms in total. The van der Waals surface area contributed by atoms with Crippen molar-refractivity contribution >= 4 is 0 Å². The molecule has 1 saturated carbocycles. The van der Waals surface area contributed by atoms with Crippen LogP contribution in [0.3, 0.4) is 0 Å². The van der Waals surface area contributed by atoms with E-state index in [0.717, 1.165) is 19.3 Å². The first-order valence-electron chi connectivity index (χ1n) is 3.63. The summed E-state index contributed by atoms with van der Waals surface area (Å²) in [5, 5.41) is 17.9. The lowest BCUT2D eigenvalue weighted by atomic mass is 9.87. The van der Waals surface area contributed by atoms with Gasteiger partial charge in [-0.1, -0.05) is 12.8 Å². The summed E-state index contributed by atoms with van der Waals surface area (Å²) in [6.07, 6.45) is 3.94. The summed E-state index contributed by atoms with van der Waals surface area (Å²) in [6.45, 7) is 0.154. The summed E-state index contributed by atoms with van der Waals surface area (Å²) in [7, 11) is 0. The second-order valence-electron chi connectivity index (χ2n) is 2.79. The van der Waals surface area contributed by atoms with Gasteiger partial charge in [-0.3, -0.25) is 0 Å². The summed E-state index contributed by atoms with van der Waals surface area (Å²) in [5.41, 5.74) is 0. The first-order valence-corrected chi connectivity index (χ1v) is 3.63. The van der Waals surface area contributed by atoms with Crippen LogP contribution in [0.25, 0.3) is 0 Å². The summed E-state index contributed by atoms with van der Waals surface area (Å²) in [4.78, 5) is 0. The fraction of sp³-hybridized carbons (Fsp3) is 1.00. The average molecular weight is 130 g/mol. The van der Waals surface area contributed by atoms with Crippen LogP contribution in [0, 0.1) is 5.92 Å². The maximum Gasteiger partial charge on any atom is 0.0590 e. The van der Waals surface area contributed by atoms with Crippen molar-refractivity contribution in [3.63, 3.8) is 0 Å². The van der Waals surface area contributed by atoms with Crippen molar-refractivity contribution in [2.75, 3.05) is 6.61 Å². The predicted octanol–water partition coefficient (Wildman–Crippen LogP) is 0.530. The first kappa shape index (κ1) is 7.03. The van der Waals surface area contributed by atoms with Crippen LogP contribution >= 0.6 is 0 Å². The van der Waals surface area contributed by atoms with Gasteiger partial charge >= 0.3 is 0 Å². The second kappa shape index (κ2) is 3.18. The lowest BCUT2D eigenvalue weighted by molar-refractivity contribution is 0.0359. The Bertz CT molecular complexity index is 83.0. The highest BCUT2D eigenvalue weighted by atomic mass is 16.3. The average Bonchev–Trinajstić information content (AvgIpc) is 1.89. The van der Waals surface area contributed by atoms with Crippen LogP contribution in [0.15, 0.2) is 0 Å². The van der Waals surface area contributed by atoms with E-state index in [4.69, 9.17) is 5.11 Å². The SMILES string of the molecule is OC[C@H]1CCCC[C@@H]1O. The molecule has 9 heavy (non-hydrogen) atoms. The zero-order valence-corrected chi connectivity index (χ0v) is 5.58. The Morgan fingerprint density at radius 1 is 1.22 bits per heavy atom. The largest absolute Gasteiger partial charge is 0.396 e. The van der Waals surface area contributed by atoms with Gasteiger partial charge in [-0.25, -0.2) is 0 Å². The molecule has 54 valence electrons. The molecule has 1 rings (SSSR count). The highest BCUT2D eigenvalue weighted by molar-refractivity contribution is 4.72. The van der Waals surface area contributed by atoms with Crippen molar-refractivity contribution in [1.82, 2.24) is 0 Å². The lowest BCUT2D eigenvalue weighted by Crippen LogP contribution is -2.26. The Morgan fingerprint density at radius 3 is 2.33 bits per heavy atom. The van der Waals surface area contributed by atoms with Crippen LogP contribution in [-0.4, -0.2) is 22.9 Å². The minimum absolute atomic E-state index is 0.154. The van der Waals surface area contributed by atoms with E-state index in [1.165, 1.54) is 6.42 Å². The Balaban J connectivity index is 2.30. The summed E-state index contributed by atoms with van der Waals surface area (Å²) < 4.78 is 0. The molecule has 1 aliphatic rings. The normalized spacial score (nSPS) is 36.7. The minimum Gasteiger partial charge on any atom is -0.396 e. The number of aliphatic hydroxyl groups is 2. The number of aliphatic hydroxyl groups excluding tert-OH is 2. The van der Waals surface area contributed by atoms with Gasteiger partial charge in [-0.2, -0.15) is 0 Å². The van der Waals surface area contributed by atoms with E-state index in [2.05, 4.69) is 0 Å². The Labute approximate surface area is 55.5 Å². The van der Waals surface area contributed by atoms with Gasteiger partial charge in [-0.15, -0.1) is 0 Å². The molecule has 0 amide bonds. The number of rotatable bonds is 1. The molecular weight excluding hydrogens is 116 g/mol. The van der Waals surface area contributed by atoms with Gasteiger partial charge in [0.2, 0.25) is 0 Å². The van der Waals surface area contributed by atoms with Crippen LogP contribution < -0.4 is 0 Å². The molecular formula is C7H14O2. The van der Waals surface area contributed by atoms with Gasteiger partial charge in [0, 0.05) is 12.5 Å². The highest BCUT2D eigenvalue weighted by Gasteiger charge is 2.21. The molecule has 0 unspecified atom stereocenters. The lowest BCUT2D eigenvalue weighted by Gasteiger charge is -2.25.